The number of fused-ring (bicyclic) bond motifs is 4. The van der Waals surface area contributed by atoms with Crippen molar-refractivity contribution in [1.82, 2.24) is 14.5 Å². The molecule has 4 aromatic carbocycles. The van der Waals surface area contributed by atoms with Crippen LogP contribution in [-0.4, -0.2) is 28.3 Å². The van der Waals surface area contributed by atoms with E-state index < -0.39 is 0 Å². The molecule has 44 heavy (non-hydrogen) atoms. The number of aryl methyl sites for hydroxylation is 2. The number of hydrogen-bond acceptors (Lipinski definition) is 5. The predicted molar refractivity (Wildman–Crippen MR) is 180 cm³/mol. The Morgan fingerprint density at radius 2 is 1.48 bits per heavy atom. The van der Waals surface area contributed by atoms with Crippen LogP contribution >= 0.6 is 0 Å². The number of ether oxygens (including phenoxy) is 1. The molecule has 0 spiro atoms. The van der Waals surface area contributed by atoms with Gasteiger partial charge >= 0.3 is 0 Å². The summed E-state index contributed by atoms with van der Waals surface area (Å²) in [5, 5.41) is 2.32. The topological polar surface area (TPSA) is 46.4 Å². The molecule has 0 bridgehead atoms. The van der Waals surface area contributed by atoms with E-state index in [1.54, 1.807) is 0 Å². The van der Waals surface area contributed by atoms with Crippen molar-refractivity contribution in [2.45, 2.75) is 13.8 Å². The smallest absolute Gasteiger partial charge is 0.221 e. The van der Waals surface area contributed by atoms with Crippen LogP contribution in [0.25, 0.3) is 38.8 Å². The minimum atomic E-state index is 0.549. The van der Waals surface area contributed by atoms with E-state index >= 15 is 0 Å². The highest BCUT2D eigenvalue weighted by Gasteiger charge is 2.24. The summed E-state index contributed by atoms with van der Waals surface area (Å²) in [4.78, 5) is 14.1. The molecule has 0 amide bonds. The van der Waals surface area contributed by atoms with Gasteiger partial charge in [0.25, 0.3) is 0 Å². The fourth-order valence-electron chi connectivity index (χ4n) is 6.30. The molecule has 0 saturated heterocycles. The molecule has 1 aliphatic heterocycles. The number of rotatable bonds is 5. The highest BCUT2D eigenvalue weighted by atomic mass is 16.5. The monoisotopic (exact) mass is 573 g/mol. The van der Waals surface area contributed by atoms with E-state index in [9.17, 15) is 0 Å². The van der Waals surface area contributed by atoms with Crippen LogP contribution in [0, 0.1) is 13.8 Å². The van der Waals surface area contributed by atoms with Gasteiger partial charge in [-0.3, -0.25) is 4.57 Å². The maximum atomic E-state index is 6.41. The molecule has 0 atom stereocenters. The normalized spacial score (nSPS) is 12.7. The molecule has 0 saturated carbocycles. The fourth-order valence-corrected chi connectivity index (χ4v) is 6.30. The largest absolute Gasteiger partial charge is 0.439 e. The molecule has 0 aliphatic carbocycles. The lowest BCUT2D eigenvalue weighted by molar-refractivity contribution is 0.463. The zero-order chi connectivity index (χ0) is 29.8. The first-order valence-corrected chi connectivity index (χ1v) is 14.8. The lowest BCUT2D eigenvalue weighted by Gasteiger charge is -2.20. The van der Waals surface area contributed by atoms with E-state index in [-0.39, 0.29) is 0 Å². The molecule has 4 heterocycles. The van der Waals surface area contributed by atoms with Gasteiger partial charge in [0, 0.05) is 53.6 Å². The Bertz CT molecular complexity index is 2180. The average molecular weight is 574 g/mol. The number of aromatic nitrogens is 3. The highest BCUT2D eigenvalue weighted by Crippen LogP contribution is 2.41. The maximum Gasteiger partial charge on any atom is 0.221 e. The third-order valence-electron chi connectivity index (χ3n) is 8.52. The Balaban J connectivity index is 1.18. The van der Waals surface area contributed by atoms with E-state index in [0.717, 1.165) is 45.9 Å². The van der Waals surface area contributed by atoms with E-state index in [1.807, 2.05) is 30.6 Å². The summed E-state index contributed by atoms with van der Waals surface area (Å²) in [5.41, 5.74) is 10.3. The molecule has 6 nitrogen and oxygen atoms in total. The summed E-state index contributed by atoms with van der Waals surface area (Å²) in [6.45, 7) is 5.03. The van der Waals surface area contributed by atoms with Crippen LogP contribution in [-0.2, 0) is 0 Å². The first kappa shape index (κ1) is 26.0. The Kier molecular flexibility index (Phi) is 6.08. The Hall–Kier alpha value is -5.62. The summed E-state index contributed by atoms with van der Waals surface area (Å²) >= 11 is 0. The number of hydrogen-bond donors (Lipinski definition) is 0. The molecule has 3 aromatic heterocycles. The summed E-state index contributed by atoms with van der Waals surface area (Å²) in [5.74, 6) is 2.14. The lowest BCUT2D eigenvalue weighted by Crippen LogP contribution is -2.23. The number of nitrogens with zero attached hydrogens (tertiary/aromatic N) is 5. The molecule has 214 valence electrons. The second-order valence-electron chi connectivity index (χ2n) is 11.5. The van der Waals surface area contributed by atoms with Gasteiger partial charge in [0.2, 0.25) is 5.88 Å². The van der Waals surface area contributed by atoms with Crippen molar-refractivity contribution in [3.63, 3.8) is 0 Å². The van der Waals surface area contributed by atoms with Gasteiger partial charge in [0.05, 0.1) is 29.1 Å². The Labute approximate surface area is 256 Å². The zero-order valence-corrected chi connectivity index (χ0v) is 24.9. The third-order valence-corrected chi connectivity index (χ3v) is 8.52. The number of para-hydroxylation sites is 3. The minimum absolute atomic E-state index is 0.549. The van der Waals surface area contributed by atoms with Gasteiger partial charge in [-0.15, -0.1) is 0 Å². The predicted octanol–water partition coefficient (Wildman–Crippen LogP) is 9.20. The van der Waals surface area contributed by atoms with E-state index in [1.165, 1.54) is 33.5 Å². The van der Waals surface area contributed by atoms with Gasteiger partial charge in [-0.05, 0) is 67.4 Å². The lowest BCUT2D eigenvalue weighted by atomic mass is 10.0. The van der Waals surface area contributed by atoms with Crippen molar-refractivity contribution < 1.29 is 4.74 Å². The van der Waals surface area contributed by atoms with Crippen LogP contribution in [0.15, 0.2) is 122 Å². The average Bonchev–Trinajstić information content (AvgIpc) is 3.56. The van der Waals surface area contributed by atoms with Crippen LogP contribution in [0.2, 0.25) is 0 Å². The highest BCUT2D eigenvalue weighted by molar-refractivity contribution is 6.09. The summed E-state index contributed by atoms with van der Waals surface area (Å²) in [7, 11) is 2.11. The van der Waals surface area contributed by atoms with Gasteiger partial charge in [-0.1, -0.05) is 60.2 Å². The van der Waals surface area contributed by atoms with Crippen LogP contribution in [0.1, 0.15) is 11.1 Å². The van der Waals surface area contributed by atoms with Crippen molar-refractivity contribution in [3.05, 3.63) is 133 Å². The first-order chi connectivity index (χ1) is 21.5. The van der Waals surface area contributed by atoms with Gasteiger partial charge < -0.3 is 14.5 Å². The van der Waals surface area contributed by atoms with Gasteiger partial charge in [0.15, 0.2) is 0 Å². The van der Waals surface area contributed by atoms with Crippen molar-refractivity contribution in [3.8, 4) is 28.6 Å². The third kappa shape index (κ3) is 4.34. The number of pyridine rings is 2. The Morgan fingerprint density at radius 1 is 0.705 bits per heavy atom. The van der Waals surface area contributed by atoms with Gasteiger partial charge in [-0.2, -0.15) is 0 Å². The standard InChI is InChI=1S/C38H31N5O/c1-25-12-14-27(15-13-25)32-23-40-37(20-26(32)2)43-33-9-5-4-8-30(33)31-17-16-29(22-36(31)43)44-38-21-28(18-19-39-38)42-24-41(3)34-10-6-7-11-35(34)42/h4-23H,24H2,1-3H3. The minimum Gasteiger partial charge on any atom is -0.439 e. The molecule has 8 rings (SSSR count). The molecule has 0 radical (unpaired) electrons. The molecular formula is C38H31N5O. The van der Waals surface area contributed by atoms with Crippen LogP contribution < -0.4 is 14.5 Å². The summed E-state index contributed by atoms with van der Waals surface area (Å²) in [6, 6.07) is 38.0. The molecule has 7 aromatic rings. The quantitative estimate of drug-likeness (QED) is 0.205. The van der Waals surface area contributed by atoms with Crippen molar-refractivity contribution in [2.75, 3.05) is 23.5 Å². The van der Waals surface area contributed by atoms with Crippen molar-refractivity contribution in [1.29, 1.82) is 0 Å². The van der Waals surface area contributed by atoms with Gasteiger partial charge in [0.1, 0.15) is 11.6 Å². The van der Waals surface area contributed by atoms with Crippen LogP contribution in [0.5, 0.6) is 11.6 Å². The second kappa shape index (κ2) is 10.3. The maximum absolute atomic E-state index is 6.41. The van der Waals surface area contributed by atoms with Gasteiger partial charge in [-0.25, -0.2) is 9.97 Å². The zero-order valence-electron chi connectivity index (χ0n) is 24.9. The first-order valence-electron chi connectivity index (χ1n) is 14.8. The van der Waals surface area contributed by atoms with E-state index in [0.29, 0.717) is 5.88 Å². The fraction of sp³-hybridized carbons (Fsp3) is 0.105. The molecule has 1 aliphatic rings. The van der Waals surface area contributed by atoms with Crippen molar-refractivity contribution >= 4 is 38.9 Å². The number of benzene rings is 4. The number of anilines is 3. The van der Waals surface area contributed by atoms with Crippen LogP contribution in [0.4, 0.5) is 17.1 Å². The molecule has 0 N–H and O–H groups in total. The SMILES string of the molecule is Cc1ccc(-c2cnc(-n3c4ccccc4c4ccc(Oc5cc(N6CN(C)c7ccccc76)ccn5)cc43)cc2C)cc1. The van der Waals surface area contributed by atoms with Crippen molar-refractivity contribution in [2.24, 2.45) is 0 Å². The van der Waals surface area contributed by atoms with E-state index in [2.05, 4.69) is 131 Å². The Morgan fingerprint density at radius 3 is 2.32 bits per heavy atom. The second-order valence-corrected chi connectivity index (χ2v) is 11.5. The molecular weight excluding hydrogens is 542 g/mol. The summed E-state index contributed by atoms with van der Waals surface area (Å²) < 4.78 is 8.64. The molecule has 6 heteroatoms. The van der Waals surface area contributed by atoms with Crippen LogP contribution in [0.3, 0.4) is 0 Å². The molecule has 0 fully saturated rings. The summed E-state index contributed by atoms with van der Waals surface area (Å²) in [6.07, 6.45) is 3.79. The van der Waals surface area contributed by atoms with E-state index in [4.69, 9.17) is 9.72 Å². The molecule has 0 unspecified atom stereocenters.